The number of carbonyl (C=O) groups is 2. The summed E-state index contributed by atoms with van der Waals surface area (Å²) in [5.41, 5.74) is 0.0147. The fourth-order valence-corrected chi connectivity index (χ4v) is 4.94. The van der Waals surface area contributed by atoms with Crippen LogP contribution < -0.4 is 10.2 Å². The third-order valence-corrected chi connectivity index (χ3v) is 7.19. The van der Waals surface area contributed by atoms with Gasteiger partial charge in [0.05, 0.1) is 45.4 Å². The van der Waals surface area contributed by atoms with E-state index >= 15 is 0 Å². The van der Waals surface area contributed by atoms with E-state index in [1.807, 2.05) is 36.9 Å². The van der Waals surface area contributed by atoms with Gasteiger partial charge in [-0.25, -0.2) is 9.97 Å². The second kappa shape index (κ2) is 23.8. The number of halogens is 4. The summed E-state index contributed by atoms with van der Waals surface area (Å²) in [6, 6.07) is 38.2. The SMILES string of the molecule is ClCCl.ClCCl.O.O=C([O-])c1cccc(-c2cccc(C(=O)[O-])n2)n1.[Ru+2].c1ccc2cc3cnccc3cc2c1.c1ccc2cc3cnccc3cc2c1. The van der Waals surface area contributed by atoms with Crippen molar-refractivity contribution in [2.45, 2.75) is 0 Å². The minimum atomic E-state index is -1.41. The number of benzene rings is 4. The minimum absolute atomic E-state index is 0. The summed E-state index contributed by atoms with van der Waals surface area (Å²) < 4.78 is 0. The molecular weight excluding hydrogens is 859 g/mol. The molecule has 8 aromatic rings. The number of fused-ring (bicyclic) bond motifs is 4. The summed E-state index contributed by atoms with van der Waals surface area (Å²) in [5, 5.41) is 31.7. The summed E-state index contributed by atoms with van der Waals surface area (Å²) in [4.78, 5) is 37.2. The molecule has 0 aliphatic heterocycles. The van der Waals surface area contributed by atoms with E-state index in [0.717, 1.165) is 0 Å². The van der Waals surface area contributed by atoms with Gasteiger partial charge >= 0.3 is 19.5 Å². The second-order valence-electron chi connectivity index (χ2n) is 10.4. The van der Waals surface area contributed by atoms with Crippen molar-refractivity contribution >= 4 is 101 Å². The van der Waals surface area contributed by atoms with Crippen molar-refractivity contribution in [1.82, 2.24) is 19.9 Å². The van der Waals surface area contributed by atoms with E-state index in [2.05, 4.69) is 92.7 Å². The zero-order chi connectivity index (χ0) is 37.3. The van der Waals surface area contributed by atoms with Crippen molar-refractivity contribution in [2.24, 2.45) is 0 Å². The smallest absolute Gasteiger partial charge is 0.543 e. The summed E-state index contributed by atoms with van der Waals surface area (Å²) in [6.07, 6.45) is 7.47. The number of hydrogen-bond donors (Lipinski definition) is 0. The first-order chi connectivity index (χ1) is 25.3. The first-order valence-corrected chi connectivity index (χ1v) is 17.5. The van der Waals surface area contributed by atoms with Gasteiger partial charge in [0.1, 0.15) is 0 Å². The van der Waals surface area contributed by atoms with E-state index < -0.39 is 11.9 Å². The fraction of sp³-hybridized carbons (Fsp3) is 0.0500. The molecule has 0 spiro atoms. The molecule has 0 unspecified atom stereocenters. The maximum Gasteiger partial charge on any atom is 2.00 e. The third-order valence-electron chi connectivity index (χ3n) is 7.19. The Morgan fingerprint density at radius 2 is 0.759 bits per heavy atom. The van der Waals surface area contributed by atoms with Crippen LogP contribution in [0.15, 0.2) is 146 Å². The van der Waals surface area contributed by atoms with Crippen molar-refractivity contribution in [1.29, 1.82) is 0 Å². The number of carboxylic acid groups (broad SMARTS) is 2. The van der Waals surface area contributed by atoms with Gasteiger partial charge in [0.2, 0.25) is 0 Å². The van der Waals surface area contributed by atoms with Crippen LogP contribution in [0, 0.1) is 0 Å². The van der Waals surface area contributed by atoms with Gasteiger partial charge in [0.15, 0.2) is 0 Å². The zero-order valence-corrected chi connectivity index (χ0v) is 32.8. The molecule has 4 aromatic carbocycles. The monoisotopic (exact) mass is 888 g/mol. The molecule has 4 heterocycles. The van der Waals surface area contributed by atoms with E-state index in [9.17, 15) is 19.8 Å². The number of hydrogen-bond acceptors (Lipinski definition) is 8. The van der Waals surface area contributed by atoms with Gasteiger partial charge < -0.3 is 25.3 Å². The molecule has 0 atom stereocenters. The molecule has 4 aromatic heterocycles. The molecule has 276 valence electrons. The molecule has 2 N–H and O–H groups in total. The van der Waals surface area contributed by atoms with Crippen molar-refractivity contribution in [2.75, 3.05) is 10.7 Å². The molecule has 0 fully saturated rings. The van der Waals surface area contributed by atoms with Crippen LogP contribution >= 0.6 is 46.4 Å². The Labute approximate surface area is 343 Å². The molecule has 0 bridgehead atoms. The van der Waals surface area contributed by atoms with Crippen LogP contribution in [0.25, 0.3) is 54.5 Å². The molecule has 0 aliphatic carbocycles. The first kappa shape index (κ1) is 45.4. The van der Waals surface area contributed by atoms with Gasteiger partial charge in [-0.2, -0.15) is 0 Å². The zero-order valence-electron chi connectivity index (χ0n) is 28.1. The molecule has 0 saturated carbocycles. The van der Waals surface area contributed by atoms with Gasteiger partial charge in [-0.1, -0.05) is 60.7 Å². The topological polar surface area (TPSA) is 163 Å². The van der Waals surface area contributed by atoms with Crippen LogP contribution in [0.1, 0.15) is 21.0 Å². The number of carbonyl (C=O) groups excluding carboxylic acids is 2. The average molecular weight is 890 g/mol. The van der Waals surface area contributed by atoms with Gasteiger partial charge in [0.25, 0.3) is 0 Å². The Balaban J connectivity index is 0.000000258. The summed E-state index contributed by atoms with van der Waals surface area (Å²) in [5.74, 6) is -2.82. The fourth-order valence-electron chi connectivity index (χ4n) is 4.94. The Hall–Kier alpha value is -4.80. The van der Waals surface area contributed by atoms with Crippen LogP contribution in [0.4, 0.5) is 0 Å². The summed E-state index contributed by atoms with van der Waals surface area (Å²) in [7, 11) is 0. The van der Waals surface area contributed by atoms with Crippen LogP contribution in [-0.2, 0) is 19.5 Å². The molecule has 0 amide bonds. The standard InChI is InChI=1S/2C13H9N.C12H8N2O4.2CH2Cl2.H2O.Ru/c2*1-2-4-11-8-13-9-14-6-5-12(13)7-10(11)3-1;15-11(16)9-5-1-3-7(13-9)8-4-2-6-10(14-8)12(17)18;2*2-1-3;;/h2*1-9H;1-6H,(H,15,16)(H,17,18);2*1H2;1H2;/q;;;;;;+2/p-2. The van der Waals surface area contributed by atoms with Crippen molar-refractivity contribution < 1.29 is 44.8 Å². The number of aromatic nitrogens is 4. The number of rotatable bonds is 3. The summed E-state index contributed by atoms with van der Waals surface area (Å²) >= 11 is 19.1. The first-order valence-electron chi connectivity index (χ1n) is 15.3. The molecule has 8 rings (SSSR count). The average Bonchev–Trinajstić information content (AvgIpc) is 3.17. The van der Waals surface area contributed by atoms with Crippen molar-refractivity contribution in [3.63, 3.8) is 0 Å². The van der Waals surface area contributed by atoms with E-state index in [-0.39, 0.29) is 58.4 Å². The predicted octanol–water partition coefficient (Wildman–Crippen LogP) is 7.66. The second-order valence-corrected chi connectivity index (χ2v) is 12.1. The Morgan fingerprint density at radius 1 is 0.463 bits per heavy atom. The molecule has 0 radical (unpaired) electrons. The van der Waals surface area contributed by atoms with Crippen LogP contribution in [0.2, 0.25) is 0 Å². The number of pyridine rings is 4. The number of alkyl halides is 4. The Bertz CT molecular complexity index is 2050. The third kappa shape index (κ3) is 13.3. The van der Waals surface area contributed by atoms with Gasteiger partial charge in [0, 0.05) is 35.6 Å². The maximum absolute atomic E-state index is 10.7. The number of carboxylic acids is 2. The van der Waals surface area contributed by atoms with Crippen LogP contribution in [-0.4, -0.2) is 48.0 Å². The molecular formula is C40H30Cl4N4O5Ru. The number of aromatic carboxylic acids is 2. The quantitative estimate of drug-likeness (QED) is 0.0992. The van der Waals surface area contributed by atoms with Crippen molar-refractivity contribution in [3.05, 3.63) is 158 Å². The van der Waals surface area contributed by atoms with Crippen LogP contribution in [0.5, 0.6) is 0 Å². The van der Waals surface area contributed by atoms with Gasteiger partial charge in [-0.15, -0.1) is 46.4 Å². The Kier molecular flexibility index (Phi) is 20.0. The van der Waals surface area contributed by atoms with Crippen LogP contribution in [0.3, 0.4) is 0 Å². The van der Waals surface area contributed by atoms with E-state index in [4.69, 9.17) is 46.4 Å². The van der Waals surface area contributed by atoms with E-state index in [1.165, 1.54) is 79.5 Å². The summed E-state index contributed by atoms with van der Waals surface area (Å²) in [6.45, 7) is 0. The minimum Gasteiger partial charge on any atom is -0.543 e. The van der Waals surface area contributed by atoms with E-state index in [1.54, 1.807) is 0 Å². The molecule has 54 heavy (non-hydrogen) atoms. The van der Waals surface area contributed by atoms with Gasteiger partial charge in [-0.3, -0.25) is 9.97 Å². The van der Waals surface area contributed by atoms with Gasteiger partial charge in [-0.05, 0) is 93.0 Å². The number of nitrogens with zero attached hydrogens (tertiary/aromatic N) is 4. The predicted molar refractivity (Wildman–Crippen MR) is 211 cm³/mol. The molecule has 0 saturated heterocycles. The normalized spacial score (nSPS) is 9.63. The molecule has 0 aliphatic rings. The molecule has 14 heteroatoms. The molecule has 9 nitrogen and oxygen atoms in total. The van der Waals surface area contributed by atoms with E-state index in [0.29, 0.717) is 0 Å². The van der Waals surface area contributed by atoms with Crippen molar-refractivity contribution in [3.8, 4) is 11.4 Å². The maximum atomic E-state index is 10.7. The Morgan fingerprint density at radius 3 is 1.07 bits per heavy atom. The largest absolute Gasteiger partial charge is 2.00 e.